The highest BCUT2D eigenvalue weighted by atomic mass is 19.1. The predicted octanol–water partition coefficient (Wildman–Crippen LogP) is 3.68. The quantitative estimate of drug-likeness (QED) is 0.879. The van der Waals surface area contributed by atoms with Gasteiger partial charge in [-0.05, 0) is 61.2 Å². The van der Waals surface area contributed by atoms with E-state index in [0.717, 1.165) is 43.4 Å². The summed E-state index contributed by atoms with van der Waals surface area (Å²) in [5.41, 5.74) is 2.13. The van der Waals surface area contributed by atoms with Crippen molar-refractivity contribution in [2.75, 3.05) is 13.1 Å². The summed E-state index contributed by atoms with van der Waals surface area (Å²) in [5.74, 6) is 0.138. The largest absolute Gasteiger partial charge is 0.337 e. The van der Waals surface area contributed by atoms with Crippen LogP contribution >= 0.6 is 0 Å². The van der Waals surface area contributed by atoms with Crippen LogP contribution in [0.25, 0.3) is 0 Å². The first-order valence-corrected chi connectivity index (χ1v) is 10.4. The number of nitrogens with zero attached hydrogens (tertiary/aromatic N) is 2. The van der Waals surface area contributed by atoms with Gasteiger partial charge in [-0.1, -0.05) is 25.0 Å². The first kappa shape index (κ1) is 19.1. The highest BCUT2D eigenvalue weighted by Crippen LogP contribution is 2.36. The molecule has 3 atom stereocenters. The molecule has 5 heteroatoms. The maximum atomic E-state index is 13.8. The van der Waals surface area contributed by atoms with E-state index in [-0.39, 0.29) is 29.7 Å². The smallest absolute Gasteiger partial charge is 0.223 e. The summed E-state index contributed by atoms with van der Waals surface area (Å²) in [6, 6.07) is 11.2. The van der Waals surface area contributed by atoms with Crippen molar-refractivity contribution in [3.63, 3.8) is 0 Å². The molecule has 0 aliphatic carbocycles. The summed E-state index contributed by atoms with van der Waals surface area (Å²) in [5, 5.41) is 3.69. The molecular formula is C23H28FN3O. The maximum Gasteiger partial charge on any atom is 0.223 e. The summed E-state index contributed by atoms with van der Waals surface area (Å²) in [7, 11) is 0. The Morgan fingerprint density at radius 1 is 1.18 bits per heavy atom. The number of aromatic nitrogens is 1. The average Bonchev–Trinajstić information content (AvgIpc) is 3.04. The SMILES string of the molecule is O=C(CCc1ccncc1)N1C[C@@H](c2cccc(F)c2)[C@@H]2NCCCCC[C@H]21. The van der Waals surface area contributed by atoms with Crippen molar-refractivity contribution in [1.29, 1.82) is 0 Å². The number of likely N-dealkylation sites (tertiary alicyclic amines) is 1. The topological polar surface area (TPSA) is 45.2 Å². The molecule has 3 heterocycles. The van der Waals surface area contributed by atoms with Crippen molar-refractivity contribution < 1.29 is 9.18 Å². The van der Waals surface area contributed by atoms with Gasteiger partial charge in [0.2, 0.25) is 5.91 Å². The minimum atomic E-state index is -0.206. The lowest BCUT2D eigenvalue weighted by molar-refractivity contribution is -0.132. The summed E-state index contributed by atoms with van der Waals surface area (Å²) >= 11 is 0. The Kier molecular flexibility index (Phi) is 6.01. The molecule has 2 fully saturated rings. The number of hydrogen-bond acceptors (Lipinski definition) is 3. The highest BCUT2D eigenvalue weighted by molar-refractivity contribution is 5.77. The Bertz CT molecular complexity index is 797. The van der Waals surface area contributed by atoms with Crippen molar-refractivity contribution in [3.8, 4) is 0 Å². The first-order chi connectivity index (χ1) is 13.7. The third kappa shape index (κ3) is 4.25. The molecule has 2 aliphatic heterocycles. The zero-order chi connectivity index (χ0) is 19.3. The van der Waals surface area contributed by atoms with Crippen molar-refractivity contribution in [2.45, 2.75) is 56.5 Å². The lowest BCUT2D eigenvalue weighted by atomic mass is 9.88. The fourth-order valence-corrected chi connectivity index (χ4v) is 4.74. The average molecular weight is 381 g/mol. The summed E-state index contributed by atoms with van der Waals surface area (Å²) in [4.78, 5) is 19.2. The highest BCUT2D eigenvalue weighted by Gasteiger charge is 2.43. The molecule has 0 spiro atoms. The van der Waals surface area contributed by atoms with E-state index >= 15 is 0 Å². The zero-order valence-corrected chi connectivity index (χ0v) is 16.2. The number of nitrogens with one attached hydrogen (secondary N) is 1. The molecule has 4 nitrogen and oxygen atoms in total. The van der Waals surface area contributed by atoms with E-state index in [1.165, 1.54) is 12.5 Å². The summed E-state index contributed by atoms with van der Waals surface area (Å²) in [6.07, 6.45) is 9.29. The van der Waals surface area contributed by atoms with Crippen LogP contribution in [0.1, 0.15) is 49.1 Å². The third-order valence-corrected chi connectivity index (χ3v) is 6.17. The number of pyridine rings is 1. The van der Waals surface area contributed by atoms with E-state index < -0.39 is 0 Å². The van der Waals surface area contributed by atoms with Gasteiger partial charge in [0.25, 0.3) is 0 Å². The number of amides is 1. The van der Waals surface area contributed by atoms with Crippen molar-refractivity contribution in [1.82, 2.24) is 15.2 Å². The number of halogens is 1. The Hall–Kier alpha value is -2.27. The molecule has 1 amide bonds. The number of benzene rings is 1. The Labute approximate surface area is 166 Å². The second-order valence-corrected chi connectivity index (χ2v) is 7.96. The number of hydrogen-bond donors (Lipinski definition) is 1. The molecule has 0 saturated carbocycles. The molecular weight excluding hydrogens is 353 g/mol. The third-order valence-electron chi connectivity index (χ3n) is 6.17. The van der Waals surface area contributed by atoms with Crippen LogP contribution in [-0.4, -0.2) is 41.0 Å². The molecule has 0 radical (unpaired) electrons. The number of rotatable bonds is 4. The van der Waals surface area contributed by atoms with Gasteiger partial charge in [0.05, 0.1) is 0 Å². The molecule has 2 aromatic rings. The fourth-order valence-electron chi connectivity index (χ4n) is 4.74. The maximum absolute atomic E-state index is 13.8. The van der Waals surface area contributed by atoms with Crippen LogP contribution in [0.3, 0.4) is 0 Å². The van der Waals surface area contributed by atoms with Gasteiger partial charge >= 0.3 is 0 Å². The van der Waals surface area contributed by atoms with Gasteiger partial charge in [-0.2, -0.15) is 0 Å². The van der Waals surface area contributed by atoms with Gasteiger partial charge in [0, 0.05) is 43.4 Å². The lowest BCUT2D eigenvalue weighted by Gasteiger charge is -2.31. The van der Waals surface area contributed by atoms with E-state index in [0.29, 0.717) is 13.0 Å². The van der Waals surface area contributed by atoms with Crippen LogP contribution in [0.2, 0.25) is 0 Å². The predicted molar refractivity (Wildman–Crippen MR) is 107 cm³/mol. The van der Waals surface area contributed by atoms with Gasteiger partial charge < -0.3 is 10.2 Å². The minimum Gasteiger partial charge on any atom is -0.337 e. The van der Waals surface area contributed by atoms with E-state index in [2.05, 4.69) is 15.2 Å². The molecule has 1 aromatic heterocycles. The van der Waals surface area contributed by atoms with E-state index in [9.17, 15) is 9.18 Å². The molecule has 4 rings (SSSR count). The lowest BCUT2D eigenvalue weighted by Crippen LogP contribution is -2.47. The Balaban J connectivity index is 1.53. The number of carbonyl (C=O) groups is 1. The van der Waals surface area contributed by atoms with Crippen LogP contribution in [0.15, 0.2) is 48.8 Å². The molecule has 148 valence electrons. The normalized spacial score (nSPS) is 25.0. The van der Waals surface area contributed by atoms with Crippen molar-refractivity contribution >= 4 is 5.91 Å². The van der Waals surface area contributed by atoms with Crippen molar-refractivity contribution in [3.05, 3.63) is 65.7 Å². The Morgan fingerprint density at radius 3 is 2.86 bits per heavy atom. The summed E-state index contributed by atoms with van der Waals surface area (Å²) in [6.45, 7) is 1.63. The van der Waals surface area contributed by atoms with Crippen LogP contribution in [0, 0.1) is 5.82 Å². The van der Waals surface area contributed by atoms with Gasteiger partial charge in [0.15, 0.2) is 0 Å². The molecule has 0 bridgehead atoms. The van der Waals surface area contributed by atoms with Crippen LogP contribution in [0.5, 0.6) is 0 Å². The molecule has 2 saturated heterocycles. The van der Waals surface area contributed by atoms with Crippen LogP contribution < -0.4 is 5.32 Å². The Morgan fingerprint density at radius 2 is 2.04 bits per heavy atom. The van der Waals surface area contributed by atoms with E-state index in [1.54, 1.807) is 24.5 Å². The number of aryl methyl sites for hydroxylation is 1. The number of fused-ring (bicyclic) bond motifs is 1. The zero-order valence-electron chi connectivity index (χ0n) is 16.2. The fraction of sp³-hybridized carbons (Fsp3) is 0.478. The van der Waals surface area contributed by atoms with Crippen LogP contribution in [-0.2, 0) is 11.2 Å². The molecule has 0 unspecified atom stereocenters. The molecule has 1 N–H and O–H groups in total. The number of carbonyl (C=O) groups excluding carboxylic acids is 1. The minimum absolute atomic E-state index is 0.142. The van der Waals surface area contributed by atoms with Crippen LogP contribution in [0.4, 0.5) is 4.39 Å². The second-order valence-electron chi connectivity index (χ2n) is 7.96. The first-order valence-electron chi connectivity index (χ1n) is 10.4. The van der Waals surface area contributed by atoms with Crippen molar-refractivity contribution in [2.24, 2.45) is 0 Å². The van der Waals surface area contributed by atoms with Gasteiger partial charge in [-0.15, -0.1) is 0 Å². The molecule has 28 heavy (non-hydrogen) atoms. The monoisotopic (exact) mass is 381 g/mol. The van der Waals surface area contributed by atoms with Gasteiger partial charge in [-0.3, -0.25) is 9.78 Å². The standard InChI is InChI=1S/C23H28FN3O/c24-19-6-4-5-18(15-19)20-16-27(21-7-2-1-3-12-26-23(20)21)22(28)9-8-17-10-13-25-14-11-17/h4-6,10-11,13-15,20-21,23,26H,1-3,7-9,12,16H2/t20-,21+,23-/m0/s1. The molecule has 2 aliphatic rings. The summed E-state index contributed by atoms with van der Waals surface area (Å²) < 4.78 is 13.8. The van der Waals surface area contributed by atoms with E-state index in [4.69, 9.17) is 0 Å². The van der Waals surface area contributed by atoms with E-state index in [1.807, 2.05) is 18.2 Å². The molecule has 1 aromatic carbocycles. The van der Waals surface area contributed by atoms with Gasteiger partial charge in [-0.25, -0.2) is 4.39 Å². The second kappa shape index (κ2) is 8.82. The van der Waals surface area contributed by atoms with Gasteiger partial charge in [0.1, 0.15) is 5.82 Å².